The van der Waals surface area contributed by atoms with Gasteiger partial charge in [-0.25, -0.2) is 4.79 Å². The molecule has 0 unspecified atom stereocenters. The van der Waals surface area contributed by atoms with Gasteiger partial charge in [-0.2, -0.15) is 0 Å². The van der Waals surface area contributed by atoms with Gasteiger partial charge >= 0.3 is 5.97 Å². The largest absolute Gasteiger partial charge is 0.507 e. The van der Waals surface area contributed by atoms with Crippen LogP contribution in [0.1, 0.15) is 48.5 Å². The Bertz CT molecular complexity index is 751. The van der Waals surface area contributed by atoms with Crippen molar-refractivity contribution >= 4 is 17.8 Å². The number of ether oxygens (including phenoxy) is 2. The fourth-order valence-electron chi connectivity index (χ4n) is 2.67. The molecule has 28 heavy (non-hydrogen) atoms. The number of hydrogen-bond acceptors (Lipinski definition) is 7. The minimum absolute atomic E-state index is 0.0234. The summed E-state index contributed by atoms with van der Waals surface area (Å²) in [5, 5.41) is 28.7. The molecule has 3 N–H and O–H groups in total. The highest BCUT2D eigenvalue weighted by Crippen LogP contribution is 2.30. The molecule has 2 rings (SSSR count). The highest BCUT2D eigenvalue weighted by atomic mass is 16.5. The molecule has 0 saturated heterocycles. The molecule has 0 bridgehead atoms. The summed E-state index contributed by atoms with van der Waals surface area (Å²) in [6.07, 6.45) is 7.26. The van der Waals surface area contributed by atoms with Gasteiger partial charge in [0, 0.05) is 18.9 Å². The van der Waals surface area contributed by atoms with Gasteiger partial charge in [0.25, 0.3) is 0 Å². The van der Waals surface area contributed by atoms with Gasteiger partial charge in [0.1, 0.15) is 35.9 Å². The lowest BCUT2D eigenvalue weighted by Gasteiger charge is -2.16. The Morgan fingerprint density at radius 3 is 2.79 bits per heavy atom. The summed E-state index contributed by atoms with van der Waals surface area (Å²) in [4.78, 5) is 24.3. The van der Waals surface area contributed by atoms with Crippen LogP contribution in [-0.2, 0) is 9.53 Å². The second kappa shape index (κ2) is 10.6. The number of cyclic esters (lactones) is 1. The average Bonchev–Trinajstić information content (AvgIpc) is 2.64. The molecule has 0 fully saturated rings. The van der Waals surface area contributed by atoms with Crippen LogP contribution in [0, 0.1) is 0 Å². The van der Waals surface area contributed by atoms with Crippen molar-refractivity contribution in [2.24, 2.45) is 0 Å². The molecule has 1 aromatic carbocycles. The second-order valence-electron chi connectivity index (χ2n) is 6.67. The Hall–Kier alpha value is -2.64. The van der Waals surface area contributed by atoms with E-state index in [1.54, 1.807) is 25.1 Å². The first kappa shape index (κ1) is 21.7. The summed E-state index contributed by atoms with van der Waals surface area (Å²) in [5.74, 6) is -0.706. The Morgan fingerprint density at radius 2 is 2.04 bits per heavy atom. The van der Waals surface area contributed by atoms with Gasteiger partial charge in [0.15, 0.2) is 5.78 Å². The number of fused-ring (bicyclic) bond motifs is 1. The van der Waals surface area contributed by atoms with Gasteiger partial charge in [-0.15, -0.1) is 0 Å². The van der Waals surface area contributed by atoms with E-state index >= 15 is 0 Å². The quantitative estimate of drug-likeness (QED) is 0.677. The van der Waals surface area contributed by atoms with Crippen molar-refractivity contribution < 1.29 is 34.4 Å². The molecule has 0 amide bonds. The molecule has 0 spiro atoms. The molecule has 1 heterocycles. The van der Waals surface area contributed by atoms with E-state index in [1.807, 2.05) is 6.08 Å². The molecular formula is C21H26O7. The molecule has 2 atom stereocenters. The second-order valence-corrected chi connectivity index (χ2v) is 6.67. The summed E-state index contributed by atoms with van der Waals surface area (Å²) < 4.78 is 10.8. The molecule has 152 valence electrons. The fourth-order valence-corrected chi connectivity index (χ4v) is 2.67. The van der Waals surface area contributed by atoms with Gasteiger partial charge in [0.2, 0.25) is 0 Å². The smallest absolute Gasteiger partial charge is 0.342 e. The Kier molecular flexibility index (Phi) is 8.22. The molecule has 1 aliphatic heterocycles. The molecule has 0 saturated carbocycles. The Labute approximate surface area is 163 Å². The number of hydrogen-bond donors (Lipinski definition) is 3. The monoisotopic (exact) mass is 390 g/mol. The Morgan fingerprint density at radius 1 is 1.25 bits per heavy atom. The van der Waals surface area contributed by atoms with Crippen molar-refractivity contribution in [2.75, 3.05) is 13.2 Å². The topological polar surface area (TPSA) is 113 Å². The van der Waals surface area contributed by atoms with Crippen molar-refractivity contribution in [1.82, 2.24) is 0 Å². The molecule has 0 aliphatic carbocycles. The molecular weight excluding hydrogens is 364 g/mol. The van der Waals surface area contributed by atoms with Crippen LogP contribution in [0.3, 0.4) is 0 Å². The first-order valence-corrected chi connectivity index (χ1v) is 9.26. The van der Waals surface area contributed by atoms with Crippen LogP contribution in [0.5, 0.6) is 11.5 Å². The first-order chi connectivity index (χ1) is 13.4. The molecule has 7 nitrogen and oxygen atoms in total. The maximum Gasteiger partial charge on any atom is 0.342 e. The number of benzene rings is 1. The van der Waals surface area contributed by atoms with Crippen molar-refractivity contribution in [2.45, 2.75) is 44.8 Å². The van der Waals surface area contributed by atoms with Crippen LogP contribution in [0.2, 0.25) is 0 Å². The third kappa shape index (κ3) is 6.51. The summed E-state index contributed by atoms with van der Waals surface area (Å²) in [5.41, 5.74) is 0.430. The highest BCUT2D eigenvalue weighted by molar-refractivity contribution is 5.97. The van der Waals surface area contributed by atoms with Gasteiger partial charge in [-0.1, -0.05) is 18.2 Å². The lowest BCUT2D eigenvalue weighted by Crippen LogP contribution is -2.21. The third-order valence-electron chi connectivity index (χ3n) is 4.15. The van der Waals surface area contributed by atoms with E-state index in [2.05, 4.69) is 0 Å². The lowest BCUT2D eigenvalue weighted by atomic mass is 10.0. The van der Waals surface area contributed by atoms with Gasteiger partial charge in [-0.3, -0.25) is 4.79 Å². The lowest BCUT2D eigenvalue weighted by molar-refractivity contribution is -0.114. The SMILES string of the molecule is C[C@H]1C/C=C\C(=O)CCC/C=C/c2cc(OC[C@@H](O)CO)cc(O)c2C(=O)O1. The van der Waals surface area contributed by atoms with E-state index < -0.39 is 24.8 Å². The van der Waals surface area contributed by atoms with Crippen LogP contribution >= 0.6 is 0 Å². The van der Waals surface area contributed by atoms with Crippen LogP contribution in [0.25, 0.3) is 6.08 Å². The average molecular weight is 390 g/mol. The van der Waals surface area contributed by atoms with E-state index in [9.17, 15) is 19.8 Å². The van der Waals surface area contributed by atoms with E-state index in [-0.39, 0.29) is 29.5 Å². The van der Waals surface area contributed by atoms with Gasteiger partial charge in [-0.05, 0) is 37.5 Å². The van der Waals surface area contributed by atoms with Crippen LogP contribution in [-0.4, -0.2) is 52.5 Å². The van der Waals surface area contributed by atoms with E-state index in [4.69, 9.17) is 14.6 Å². The third-order valence-corrected chi connectivity index (χ3v) is 4.15. The van der Waals surface area contributed by atoms with Crippen molar-refractivity contribution in [3.05, 3.63) is 41.5 Å². The summed E-state index contributed by atoms with van der Waals surface area (Å²) in [6.45, 7) is 1.10. The van der Waals surface area contributed by atoms with Crippen LogP contribution in [0.4, 0.5) is 0 Å². The zero-order chi connectivity index (χ0) is 20.5. The number of ketones is 1. The summed E-state index contributed by atoms with van der Waals surface area (Å²) in [7, 11) is 0. The molecule has 1 aromatic rings. The molecule has 7 heteroatoms. The summed E-state index contributed by atoms with van der Waals surface area (Å²) >= 11 is 0. The molecule has 0 aromatic heterocycles. The number of carbonyl (C=O) groups is 2. The predicted octanol–water partition coefficient (Wildman–Crippen LogP) is 2.38. The van der Waals surface area contributed by atoms with Crippen LogP contribution in [0.15, 0.2) is 30.4 Å². The first-order valence-electron chi connectivity index (χ1n) is 9.26. The number of aliphatic hydroxyl groups is 2. The fraction of sp³-hybridized carbons (Fsp3) is 0.429. The minimum atomic E-state index is -1.05. The molecule has 0 radical (unpaired) electrons. The van der Waals surface area contributed by atoms with E-state index in [0.717, 1.165) is 0 Å². The normalized spacial score (nSPS) is 21.8. The number of esters is 1. The predicted molar refractivity (Wildman–Crippen MR) is 103 cm³/mol. The van der Waals surface area contributed by atoms with Gasteiger partial charge in [0.05, 0.1) is 6.61 Å². The maximum absolute atomic E-state index is 12.6. The number of phenolic OH excluding ortho intramolecular Hbond substituents is 1. The zero-order valence-corrected chi connectivity index (χ0v) is 15.8. The van der Waals surface area contributed by atoms with Crippen molar-refractivity contribution in [3.8, 4) is 11.5 Å². The van der Waals surface area contributed by atoms with Gasteiger partial charge < -0.3 is 24.8 Å². The van der Waals surface area contributed by atoms with E-state index in [0.29, 0.717) is 31.2 Å². The highest BCUT2D eigenvalue weighted by Gasteiger charge is 2.21. The number of phenols is 1. The number of allylic oxidation sites excluding steroid dienone is 2. The molecule has 1 aliphatic rings. The number of rotatable bonds is 4. The van der Waals surface area contributed by atoms with E-state index in [1.165, 1.54) is 12.1 Å². The number of carbonyl (C=O) groups excluding carboxylic acids is 2. The Balaban J connectivity index is 2.32. The minimum Gasteiger partial charge on any atom is -0.507 e. The number of aliphatic hydroxyl groups excluding tert-OH is 2. The summed E-state index contributed by atoms with van der Waals surface area (Å²) in [6, 6.07) is 2.82. The number of aromatic hydroxyl groups is 1. The standard InChI is InChI=1S/C21H26O7/c1-14-6-5-9-16(23)8-4-2-3-7-15-10-18(27-13-17(24)12-22)11-19(25)20(15)21(26)28-14/h3,5,7,9-11,14,17,22,24-25H,2,4,6,8,12-13H2,1H3/b7-3+,9-5-/t14-,17-/m0/s1. The van der Waals surface area contributed by atoms with Crippen molar-refractivity contribution in [1.29, 1.82) is 0 Å². The zero-order valence-electron chi connectivity index (χ0n) is 15.8. The van der Waals surface area contributed by atoms with Crippen molar-refractivity contribution in [3.63, 3.8) is 0 Å². The maximum atomic E-state index is 12.6. The van der Waals surface area contributed by atoms with Crippen LogP contribution < -0.4 is 4.74 Å².